The van der Waals surface area contributed by atoms with E-state index in [4.69, 9.17) is 21.0 Å². The molecule has 0 aliphatic carbocycles. The number of carbonyl (C=O) groups excluding carboxylic acids is 2. The Morgan fingerprint density at radius 1 is 1.05 bits per heavy atom. The SMILES string of the molecule is CC(C)CC(=O)Cc1ccc(-c2cnc3c(c2)CC(c2cc(NC(=O)c4ccco4)ccc2Cl)=N3)cc1. The Morgan fingerprint density at radius 3 is 2.59 bits per heavy atom. The van der Waals surface area contributed by atoms with E-state index in [9.17, 15) is 9.59 Å². The van der Waals surface area contributed by atoms with E-state index in [0.29, 0.717) is 41.7 Å². The summed E-state index contributed by atoms with van der Waals surface area (Å²) in [6.45, 7) is 4.12. The van der Waals surface area contributed by atoms with Crippen molar-refractivity contribution in [3.8, 4) is 11.1 Å². The number of furan rings is 1. The largest absolute Gasteiger partial charge is 0.459 e. The third-order valence-electron chi connectivity index (χ3n) is 6.15. The number of pyridine rings is 1. The second-order valence-corrected chi connectivity index (χ2v) is 9.99. The molecule has 0 unspecified atom stereocenters. The highest BCUT2D eigenvalue weighted by Gasteiger charge is 2.21. The minimum Gasteiger partial charge on any atom is -0.459 e. The number of nitrogens with zero attached hydrogens (tertiary/aromatic N) is 2. The van der Waals surface area contributed by atoms with Crippen LogP contribution in [0.4, 0.5) is 11.5 Å². The van der Waals surface area contributed by atoms with Gasteiger partial charge in [-0.25, -0.2) is 9.98 Å². The first-order chi connectivity index (χ1) is 17.9. The molecule has 2 aromatic heterocycles. The van der Waals surface area contributed by atoms with E-state index in [2.05, 4.69) is 30.2 Å². The van der Waals surface area contributed by atoms with E-state index in [1.54, 1.807) is 24.3 Å². The fourth-order valence-corrected chi connectivity index (χ4v) is 4.62. The number of fused-ring (bicyclic) bond motifs is 1. The number of halogens is 1. The predicted molar refractivity (Wildman–Crippen MR) is 146 cm³/mol. The molecule has 37 heavy (non-hydrogen) atoms. The first-order valence-electron chi connectivity index (χ1n) is 12.2. The molecule has 186 valence electrons. The molecular formula is C30H26ClN3O3. The van der Waals surface area contributed by atoms with Crippen molar-refractivity contribution in [2.45, 2.75) is 33.1 Å². The number of hydrogen-bond acceptors (Lipinski definition) is 5. The maximum absolute atomic E-state index is 12.4. The van der Waals surface area contributed by atoms with E-state index >= 15 is 0 Å². The summed E-state index contributed by atoms with van der Waals surface area (Å²) in [5.74, 6) is 1.19. The van der Waals surface area contributed by atoms with E-state index in [1.165, 1.54) is 6.26 Å². The van der Waals surface area contributed by atoms with E-state index < -0.39 is 0 Å². The van der Waals surface area contributed by atoms with Crippen LogP contribution < -0.4 is 5.32 Å². The standard InChI is InChI=1S/C30H26ClN3O3/c1-18(2)12-24(35)13-19-5-7-20(8-6-19)22-14-21-15-27(34-29(21)32-17-22)25-16-23(9-10-26(25)31)33-30(36)28-4-3-11-37-28/h3-11,14,16-18H,12-13,15H2,1-2H3,(H,33,36). The molecular weight excluding hydrogens is 486 g/mol. The zero-order valence-corrected chi connectivity index (χ0v) is 21.4. The lowest BCUT2D eigenvalue weighted by atomic mass is 9.98. The van der Waals surface area contributed by atoms with E-state index in [-0.39, 0.29) is 17.5 Å². The molecule has 0 spiro atoms. The normalized spacial score (nSPS) is 12.4. The Balaban J connectivity index is 1.30. The van der Waals surface area contributed by atoms with Gasteiger partial charge in [0.05, 0.1) is 12.0 Å². The van der Waals surface area contributed by atoms with Crippen LogP contribution in [-0.2, 0) is 17.6 Å². The Labute approximate surface area is 220 Å². The number of benzene rings is 2. The minimum absolute atomic E-state index is 0.231. The molecule has 3 heterocycles. The summed E-state index contributed by atoms with van der Waals surface area (Å²) in [7, 11) is 0. The number of hydrogen-bond donors (Lipinski definition) is 1. The van der Waals surface area contributed by atoms with Crippen LogP contribution in [0.25, 0.3) is 11.1 Å². The van der Waals surface area contributed by atoms with Gasteiger partial charge in [0, 0.05) is 52.9 Å². The van der Waals surface area contributed by atoms with Gasteiger partial charge in [0.2, 0.25) is 0 Å². The number of carbonyl (C=O) groups is 2. The Hall–Kier alpha value is -4.03. The van der Waals surface area contributed by atoms with Crippen molar-refractivity contribution in [2.75, 3.05) is 5.32 Å². The number of aliphatic imine (C=N–C) groups is 1. The second-order valence-electron chi connectivity index (χ2n) is 9.58. The fraction of sp³-hybridized carbons (Fsp3) is 0.200. The quantitative estimate of drug-likeness (QED) is 0.274. The molecule has 1 N–H and O–H groups in total. The summed E-state index contributed by atoms with van der Waals surface area (Å²) < 4.78 is 5.16. The lowest BCUT2D eigenvalue weighted by molar-refractivity contribution is -0.119. The molecule has 0 saturated heterocycles. The number of ketones is 1. The molecule has 0 saturated carbocycles. The van der Waals surface area contributed by atoms with Crippen LogP contribution in [0.1, 0.15) is 47.5 Å². The second kappa shape index (κ2) is 10.5. The Bertz CT molecular complexity index is 1490. The minimum atomic E-state index is -0.337. The topological polar surface area (TPSA) is 84.6 Å². The van der Waals surface area contributed by atoms with Crippen LogP contribution in [0.2, 0.25) is 5.02 Å². The first-order valence-corrected chi connectivity index (χ1v) is 12.6. The number of Topliss-reactive ketones (excluding diaryl/α,β-unsaturated/α-hetero) is 1. The van der Waals surface area contributed by atoms with E-state index in [0.717, 1.165) is 33.5 Å². The van der Waals surface area contributed by atoms with Gasteiger partial charge in [0.15, 0.2) is 11.6 Å². The first kappa shape index (κ1) is 24.7. The molecule has 0 radical (unpaired) electrons. The van der Waals surface area contributed by atoms with Gasteiger partial charge in [0.25, 0.3) is 5.91 Å². The maximum Gasteiger partial charge on any atom is 0.291 e. The average molecular weight is 512 g/mol. The molecule has 7 heteroatoms. The zero-order chi connectivity index (χ0) is 25.9. The highest BCUT2D eigenvalue weighted by molar-refractivity contribution is 6.34. The van der Waals surface area contributed by atoms with Crippen molar-refractivity contribution in [1.29, 1.82) is 0 Å². The van der Waals surface area contributed by atoms with Crippen molar-refractivity contribution in [2.24, 2.45) is 10.9 Å². The monoisotopic (exact) mass is 511 g/mol. The average Bonchev–Trinajstić information content (AvgIpc) is 3.55. The smallest absolute Gasteiger partial charge is 0.291 e. The predicted octanol–water partition coefficient (Wildman–Crippen LogP) is 7.08. The number of rotatable bonds is 8. The van der Waals surface area contributed by atoms with Crippen LogP contribution in [0, 0.1) is 5.92 Å². The summed E-state index contributed by atoms with van der Waals surface area (Å²) in [6, 6.07) is 18.7. The third kappa shape index (κ3) is 5.70. The lowest BCUT2D eigenvalue weighted by Crippen LogP contribution is -2.11. The molecule has 1 aliphatic heterocycles. The van der Waals surface area contributed by atoms with Gasteiger partial charge in [-0.1, -0.05) is 49.7 Å². The molecule has 2 aromatic carbocycles. The molecule has 1 amide bonds. The van der Waals surface area contributed by atoms with Gasteiger partial charge in [-0.05, 0) is 53.4 Å². The van der Waals surface area contributed by atoms with Gasteiger partial charge in [0.1, 0.15) is 5.78 Å². The zero-order valence-electron chi connectivity index (χ0n) is 20.6. The van der Waals surface area contributed by atoms with Crippen molar-refractivity contribution in [3.05, 3.63) is 101 Å². The van der Waals surface area contributed by atoms with Gasteiger partial charge in [-0.2, -0.15) is 0 Å². The molecule has 0 atom stereocenters. The van der Waals surface area contributed by atoms with Gasteiger partial charge >= 0.3 is 0 Å². The highest BCUT2D eigenvalue weighted by atomic mass is 35.5. The van der Waals surface area contributed by atoms with Crippen LogP contribution >= 0.6 is 11.6 Å². The molecule has 4 aromatic rings. The summed E-state index contributed by atoms with van der Waals surface area (Å²) in [4.78, 5) is 33.8. The van der Waals surface area contributed by atoms with Crippen LogP contribution in [0.5, 0.6) is 0 Å². The number of anilines is 1. The van der Waals surface area contributed by atoms with Crippen LogP contribution in [-0.4, -0.2) is 22.4 Å². The molecule has 6 nitrogen and oxygen atoms in total. The van der Waals surface area contributed by atoms with Crippen molar-refractivity contribution < 1.29 is 14.0 Å². The van der Waals surface area contributed by atoms with E-state index in [1.807, 2.05) is 36.5 Å². The Kier molecular flexibility index (Phi) is 7.01. The fourth-order valence-electron chi connectivity index (χ4n) is 4.39. The van der Waals surface area contributed by atoms with Gasteiger partial charge in [-0.15, -0.1) is 0 Å². The van der Waals surface area contributed by atoms with Crippen LogP contribution in [0.15, 0.2) is 82.5 Å². The summed E-state index contributed by atoms with van der Waals surface area (Å²) in [5.41, 5.74) is 6.17. The Morgan fingerprint density at radius 2 is 1.86 bits per heavy atom. The van der Waals surface area contributed by atoms with Crippen molar-refractivity contribution >= 4 is 40.5 Å². The molecule has 0 bridgehead atoms. The van der Waals surface area contributed by atoms with Crippen molar-refractivity contribution in [1.82, 2.24) is 4.98 Å². The maximum atomic E-state index is 12.4. The van der Waals surface area contributed by atoms with Gasteiger partial charge in [-0.3, -0.25) is 9.59 Å². The molecule has 0 fully saturated rings. The number of amides is 1. The highest BCUT2D eigenvalue weighted by Crippen LogP contribution is 2.33. The van der Waals surface area contributed by atoms with Crippen molar-refractivity contribution in [3.63, 3.8) is 0 Å². The summed E-state index contributed by atoms with van der Waals surface area (Å²) in [5, 5.41) is 3.38. The molecule has 5 rings (SSSR count). The third-order valence-corrected chi connectivity index (χ3v) is 6.48. The van der Waals surface area contributed by atoms with Crippen LogP contribution in [0.3, 0.4) is 0 Å². The number of nitrogens with one attached hydrogen (secondary N) is 1. The van der Waals surface area contributed by atoms with Gasteiger partial charge < -0.3 is 9.73 Å². The number of aromatic nitrogens is 1. The lowest BCUT2D eigenvalue weighted by Gasteiger charge is -2.09. The summed E-state index contributed by atoms with van der Waals surface area (Å²) in [6.07, 6.45) is 4.90. The molecule has 1 aliphatic rings. The summed E-state index contributed by atoms with van der Waals surface area (Å²) >= 11 is 6.50.